The van der Waals surface area contributed by atoms with Crippen LogP contribution in [0.2, 0.25) is 0 Å². The molecule has 188 valence electrons. The van der Waals surface area contributed by atoms with Gasteiger partial charge in [0.05, 0.1) is 11.0 Å². The topological polar surface area (TPSA) is 43.9 Å². The first-order valence-corrected chi connectivity index (χ1v) is 13.3. The predicted molar refractivity (Wildman–Crippen MR) is 162 cm³/mol. The standard InChI is InChI=1S/C36H23N3O/c1-3-8-24(9-4-1)27-15-19-33-30(22-27)31-23-28(25-10-5-2-6-11-25)16-20-34(31)39(33)29-17-13-26(14-18-29)35-38-32-12-7-21-37-36(32)40-35/h1-23H. The van der Waals surface area contributed by atoms with Crippen LogP contribution < -0.4 is 0 Å². The van der Waals surface area contributed by atoms with E-state index in [1.807, 2.05) is 12.1 Å². The molecular formula is C36H23N3O. The minimum Gasteiger partial charge on any atom is -0.418 e. The van der Waals surface area contributed by atoms with Gasteiger partial charge in [-0.05, 0) is 82.9 Å². The highest BCUT2D eigenvalue weighted by molar-refractivity contribution is 6.11. The number of hydrogen-bond donors (Lipinski definition) is 0. The highest BCUT2D eigenvalue weighted by atomic mass is 16.4. The Labute approximate surface area is 230 Å². The van der Waals surface area contributed by atoms with E-state index in [-0.39, 0.29) is 0 Å². The van der Waals surface area contributed by atoms with Crippen LogP contribution in [0.3, 0.4) is 0 Å². The number of rotatable bonds is 4. The van der Waals surface area contributed by atoms with Crippen molar-refractivity contribution in [1.29, 1.82) is 0 Å². The van der Waals surface area contributed by atoms with Gasteiger partial charge in [0, 0.05) is 28.2 Å². The first-order valence-electron chi connectivity index (χ1n) is 13.3. The third-order valence-electron chi connectivity index (χ3n) is 7.52. The zero-order valence-electron chi connectivity index (χ0n) is 21.5. The Morgan fingerprint density at radius 3 is 1.65 bits per heavy atom. The second-order valence-electron chi connectivity index (χ2n) is 9.92. The molecule has 0 fully saturated rings. The molecule has 0 aliphatic carbocycles. The highest BCUT2D eigenvalue weighted by Gasteiger charge is 2.16. The van der Waals surface area contributed by atoms with Crippen molar-refractivity contribution in [3.05, 3.63) is 140 Å². The zero-order valence-corrected chi connectivity index (χ0v) is 21.5. The smallest absolute Gasteiger partial charge is 0.247 e. The number of aromatic nitrogens is 3. The van der Waals surface area contributed by atoms with Crippen molar-refractivity contribution in [1.82, 2.24) is 14.5 Å². The van der Waals surface area contributed by atoms with Gasteiger partial charge in [-0.15, -0.1) is 0 Å². The van der Waals surface area contributed by atoms with Gasteiger partial charge in [-0.3, -0.25) is 0 Å². The molecule has 0 amide bonds. The first kappa shape index (κ1) is 22.5. The summed E-state index contributed by atoms with van der Waals surface area (Å²) in [5, 5.41) is 2.45. The van der Waals surface area contributed by atoms with E-state index in [0.717, 1.165) is 16.8 Å². The Hall–Kier alpha value is -5.48. The van der Waals surface area contributed by atoms with Crippen LogP contribution in [-0.4, -0.2) is 14.5 Å². The Morgan fingerprint density at radius 2 is 1.07 bits per heavy atom. The van der Waals surface area contributed by atoms with Gasteiger partial charge < -0.3 is 8.98 Å². The lowest BCUT2D eigenvalue weighted by atomic mass is 10.0. The molecule has 0 N–H and O–H groups in total. The number of pyridine rings is 1. The van der Waals surface area contributed by atoms with Crippen LogP contribution in [0.5, 0.6) is 0 Å². The molecule has 0 spiro atoms. The molecule has 4 heteroatoms. The van der Waals surface area contributed by atoms with Gasteiger partial charge in [0.1, 0.15) is 5.52 Å². The lowest BCUT2D eigenvalue weighted by Crippen LogP contribution is -1.94. The van der Waals surface area contributed by atoms with Gasteiger partial charge in [-0.25, -0.2) is 9.97 Å². The van der Waals surface area contributed by atoms with E-state index in [0.29, 0.717) is 11.6 Å². The van der Waals surface area contributed by atoms with Crippen molar-refractivity contribution >= 4 is 33.0 Å². The lowest BCUT2D eigenvalue weighted by molar-refractivity contribution is 0.608. The molecule has 0 radical (unpaired) electrons. The van der Waals surface area contributed by atoms with E-state index in [9.17, 15) is 0 Å². The summed E-state index contributed by atoms with van der Waals surface area (Å²) in [6.07, 6.45) is 1.72. The van der Waals surface area contributed by atoms with Gasteiger partial charge in [-0.1, -0.05) is 72.8 Å². The lowest BCUT2D eigenvalue weighted by Gasteiger charge is -2.09. The average Bonchev–Trinajstić information content (AvgIpc) is 3.61. The molecule has 5 aromatic carbocycles. The second kappa shape index (κ2) is 9.07. The van der Waals surface area contributed by atoms with Crippen LogP contribution in [0, 0.1) is 0 Å². The fourth-order valence-corrected chi connectivity index (χ4v) is 5.57. The van der Waals surface area contributed by atoms with Gasteiger partial charge in [0.2, 0.25) is 11.6 Å². The number of benzene rings is 5. The number of hydrogen-bond acceptors (Lipinski definition) is 3. The van der Waals surface area contributed by atoms with Crippen LogP contribution in [-0.2, 0) is 0 Å². The summed E-state index contributed by atoms with van der Waals surface area (Å²) >= 11 is 0. The van der Waals surface area contributed by atoms with Crippen molar-refractivity contribution in [2.75, 3.05) is 0 Å². The van der Waals surface area contributed by atoms with E-state index in [4.69, 9.17) is 4.42 Å². The number of nitrogens with zero attached hydrogens (tertiary/aromatic N) is 3. The average molecular weight is 514 g/mol. The molecule has 0 atom stereocenters. The monoisotopic (exact) mass is 513 g/mol. The zero-order chi connectivity index (χ0) is 26.5. The van der Waals surface area contributed by atoms with Crippen molar-refractivity contribution in [3.8, 4) is 39.4 Å². The largest absolute Gasteiger partial charge is 0.418 e. The minimum atomic E-state index is 0.549. The van der Waals surface area contributed by atoms with E-state index in [1.54, 1.807) is 6.20 Å². The molecule has 0 aliphatic heterocycles. The van der Waals surface area contributed by atoms with Crippen LogP contribution in [0.25, 0.3) is 72.4 Å². The van der Waals surface area contributed by atoms with Crippen molar-refractivity contribution in [2.45, 2.75) is 0 Å². The molecule has 3 aromatic heterocycles. The molecule has 40 heavy (non-hydrogen) atoms. The maximum atomic E-state index is 5.91. The third kappa shape index (κ3) is 3.69. The maximum Gasteiger partial charge on any atom is 0.247 e. The summed E-state index contributed by atoms with van der Waals surface area (Å²) in [7, 11) is 0. The normalized spacial score (nSPS) is 11.5. The summed E-state index contributed by atoms with van der Waals surface area (Å²) in [4.78, 5) is 8.89. The van der Waals surface area contributed by atoms with Gasteiger partial charge >= 0.3 is 0 Å². The molecule has 3 heterocycles. The summed E-state index contributed by atoms with van der Waals surface area (Å²) in [5.74, 6) is 0.572. The Kier molecular flexibility index (Phi) is 5.10. The molecule has 0 bridgehead atoms. The molecule has 0 aliphatic rings. The minimum absolute atomic E-state index is 0.549. The van der Waals surface area contributed by atoms with E-state index in [2.05, 4.69) is 136 Å². The first-order chi connectivity index (χ1) is 19.8. The van der Waals surface area contributed by atoms with Crippen molar-refractivity contribution < 1.29 is 4.42 Å². The van der Waals surface area contributed by atoms with E-state index < -0.39 is 0 Å². The van der Waals surface area contributed by atoms with Crippen LogP contribution in [0.1, 0.15) is 0 Å². The molecular weight excluding hydrogens is 490 g/mol. The highest BCUT2D eigenvalue weighted by Crippen LogP contribution is 2.37. The summed E-state index contributed by atoms with van der Waals surface area (Å²) in [6, 6.07) is 46.8. The van der Waals surface area contributed by atoms with Crippen LogP contribution in [0.15, 0.2) is 144 Å². The molecule has 8 rings (SSSR count). The maximum absolute atomic E-state index is 5.91. The molecule has 0 saturated heterocycles. The molecule has 8 aromatic rings. The van der Waals surface area contributed by atoms with Crippen molar-refractivity contribution in [2.24, 2.45) is 0 Å². The van der Waals surface area contributed by atoms with Gasteiger partial charge in [0.25, 0.3) is 0 Å². The molecule has 4 nitrogen and oxygen atoms in total. The van der Waals surface area contributed by atoms with Crippen LogP contribution >= 0.6 is 0 Å². The summed E-state index contributed by atoms with van der Waals surface area (Å²) < 4.78 is 8.25. The van der Waals surface area contributed by atoms with E-state index in [1.165, 1.54) is 44.1 Å². The molecule has 0 saturated carbocycles. The fourth-order valence-electron chi connectivity index (χ4n) is 5.57. The predicted octanol–water partition coefficient (Wildman–Crippen LogP) is 9.32. The Morgan fingerprint density at radius 1 is 0.500 bits per heavy atom. The number of oxazole rings is 1. The third-order valence-corrected chi connectivity index (χ3v) is 7.52. The molecule has 0 unspecified atom stereocenters. The Bertz CT molecular complexity index is 2010. The SMILES string of the molecule is c1ccc(-c2ccc3c(c2)c2cc(-c4ccccc4)ccc2n3-c2ccc(-c3nc4cccnc4o3)cc2)cc1. The van der Waals surface area contributed by atoms with E-state index >= 15 is 0 Å². The summed E-state index contributed by atoms with van der Waals surface area (Å²) in [5.41, 5.74) is 10.5. The Balaban J connectivity index is 1.31. The van der Waals surface area contributed by atoms with Gasteiger partial charge in [-0.2, -0.15) is 0 Å². The van der Waals surface area contributed by atoms with Crippen LogP contribution in [0.4, 0.5) is 0 Å². The number of fused-ring (bicyclic) bond motifs is 4. The quantitative estimate of drug-likeness (QED) is 0.235. The summed E-state index contributed by atoms with van der Waals surface area (Å²) in [6.45, 7) is 0. The fraction of sp³-hybridized carbons (Fsp3) is 0. The second-order valence-corrected chi connectivity index (χ2v) is 9.92. The van der Waals surface area contributed by atoms with Crippen molar-refractivity contribution in [3.63, 3.8) is 0 Å². The van der Waals surface area contributed by atoms with Gasteiger partial charge in [0.15, 0.2) is 0 Å².